The summed E-state index contributed by atoms with van der Waals surface area (Å²) in [6.07, 6.45) is -1.83. The second kappa shape index (κ2) is 5.49. The number of aromatic nitrogens is 2. The van der Waals surface area contributed by atoms with E-state index in [1.165, 1.54) is 12.2 Å². The summed E-state index contributed by atoms with van der Waals surface area (Å²) in [5, 5.41) is 27.9. The third kappa shape index (κ3) is 2.27. The van der Waals surface area contributed by atoms with Crippen LogP contribution in [-0.4, -0.2) is 59.3 Å². The van der Waals surface area contributed by atoms with Gasteiger partial charge in [-0.2, -0.15) is 4.98 Å². The van der Waals surface area contributed by atoms with Crippen molar-refractivity contribution in [1.82, 2.24) is 9.97 Å². The zero-order valence-electron chi connectivity index (χ0n) is 11.5. The Kier molecular flexibility index (Phi) is 3.65. The molecule has 10 nitrogen and oxygen atoms in total. The summed E-state index contributed by atoms with van der Waals surface area (Å²) in [6.45, 7) is -0.144. The highest BCUT2D eigenvalue weighted by Gasteiger charge is 2.42. The molecular formula is C11H14BN6O4. The number of nitrogens with zero attached hydrogens (tertiary/aromatic N) is 4. The smallest absolute Gasteiger partial charge is 0.388 e. The number of nitriles is 1. The minimum Gasteiger partial charge on any atom is -0.394 e. The van der Waals surface area contributed by atoms with E-state index >= 15 is 0 Å². The zero-order chi connectivity index (χ0) is 15.9. The standard InChI is InChI=1S/C11H14BN6O4/c13-3-12-18-4-17(7-1-5(20)6(2-19)22-7)9-8(18)10(21)16-11(14)15-9/h5-7,19-20H,1-2,4H2,(H3,14,15,16,21)/t5-,6+,7+/m0/s1. The van der Waals surface area contributed by atoms with Crippen molar-refractivity contribution in [1.29, 1.82) is 5.26 Å². The molecule has 2 aliphatic rings. The van der Waals surface area contributed by atoms with E-state index in [0.717, 1.165) is 0 Å². The maximum atomic E-state index is 12.1. The summed E-state index contributed by atoms with van der Waals surface area (Å²) < 4.78 is 5.58. The molecule has 3 atom stereocenters. The number of aliphatic hydroxyl groups excluding tert-OH is 2. The molecule has 11 heteroatoms. The lowest BCUT2D eigenvalue weighted by Gasteiger charge is -2.25. The van der Waals surface area contributed by atoms with Crippen molar-refractivity contribution in [2.45, 2.75) is 24.9 Å². The molecule has 1 radical (unpaired) electrons. The summed E-state index contributed by atoms with van der Waals surface area (Å²) in [5.74, 6) is 2.09. The van der Waals surface area contributed by atoms with Gasteiger partial charge in [-0.05, 0) is 0 Å². The molecule has 1 aromatic heterocycles. The fourth-order valence-corrected chi connectivity index (χ4v) is 2.71. The van der Waals surface area contributed by atoms with E-state index in [1.54, 1.807) is 4.90 Å². The van der Waals surface area contributed by atoms with Crippen LogP contribution in [0, 0.1) is 11.2 Å². The van der Waals surface area contributed by atoms with Crippen LogP contribution in [0.1, 0.15) is 6.42 Å². The molecule has 0 amide bonds. The molecule has 5 N–H and O–H groups in total. The van der Waals surface area contributed by atoms with Gasteiger partial charge in [0.1, 0.15) is 18.0 Å². The second-order valence-electron chi connectivity index (χ2n) is 5.08. The predicted molar refractivity (Wildman–Crippen MR) is 76.8 cm³/mol. The SMILES string of the molecule is N#C[B]N1CN([C@H]2C[C@H](O)[C@@H](CO)O2)c2nc(N)[nH]c(=O)c21. The first-order valence-corrected chi connectivity index (χ1v) is 6.65. The molecule has 115 valence electrons. The van der Waals surface area contributed by atoms with Crippen LogP contribution in [0.5, 0.6) is 0 Å². The Bertz CT molecular complexity index is 676. The number of anilines is 3. The number of H-pyrrole nitrogens is 1. The summed E-state index contributed by atoms with van der Waals surface area (Å²) in [6, 6.07) is 0. The van der Waals surface area contributed by atoms with E-state index in [0.29, 0.717) is 0 Å². The van der Waals surface area contributed by atoms with Gasteiger partial charge in [-0.15, -0.1) is 0 Å². The van der Waals surface area contributed by atoms with Gasteiger partial charge in [0.05, 0.1) is 19.4 Å². The minimum absolute atomic E-state index is 0.0511. The highest BCUT2D eigenvalue weighted by Crippen LogP contribution is 2.35. The normalized spacial score (nSPS) is 26.9. The number of rotatable bonds is 3. The van der Waals surface area contributed by atoms with Crippen molar-refractivity contribution in [2.75, 3.05) is 28.7 Å². The van der Waals surface area contributed by atoms with Crippen molar-refractivity contribution in [2.24, 2.45) is 0 Å². The van der Waals surface area contributed by atoms with Gasteiger partial charge < -0.3 is 30.4 Å². The molecule has 0 spiro atoms. The molecule has 0 saturated carbocycles. The lowest BCUT2D eigenvalue weighted by molar-refractivity contribution is -0.0219. The summed E-state index contributed by atoms with van der Waals surface area (Å²) >= 11 is 0. The van der Waals surface area contributed by atoms with Gasteiger partial charge in [-0.1, -0.05) is 0 Å². The van der Waals surface area contributed by atoms with Crippen LogP contribution in [0.2, 0.25) is 0 Å². The van der Waals surface area contributed by atoms with Gasteiger partial charge in [0, 0.05) is 12.4 Å². The second-order valence-corrected chi connectivity index (χ2v) is 5.08. The number of fused-ring (bicyclic) bond motifs is 1. The summed E-state index contributed by atoms with van der Waals surface area (Å²) in [7, 11) is 1.20. The van der Waals surface area contributed by atoms with Gasteiger partial charge in [0.2, 0.25) is 5.95 Å². The quantitative estimate of drug-likeness (QED) is 0.444. The fourth-order valence-electron chi connectivity index (χ4n) is 2.71. The Morgan fingerprint density at radius 2 is 2.41 bits per heavy atom. The van der Waals surface area contributed by atoms with Crippen LogP contribution in [0.15, 0.2) is 4.79 Å². The van der Waals surface area contributed by atoms with Crippen molar-refractivity contribution in [3.8, 4) is 5.97 Å². The highest BCUT2D eigenvalue weighted by atomic mass is 16.5. The number of aliphatic hydroxyl groups is 2. The van der Waals surface area contributed by atoms with Crippen molar-refractivity contribution >= 4 is 24.9 Å². The monoisotopic (exact) mass is 305 g/mol. The Morgan fingerprint density at radius 3 is 3.05 bits per heavy atom. The van der Waals surface area contributed by atoms with Gasteiger partial charge in [-0.3, -0.25) is 9.78 Å². The van der Waals surface area contributed by atoms with Gasteiger partial charge in [-0.25, -0.2) is 5.26 Å². The maximum Gasteiger partial charge on any atom is 0.388 e. The third-order valence-electron chi connectivity index (χ3n) is 3.70. The highest BCUT2D eigenvalue weighted by molar-refractivity contribution is 6.50. The molecule has 3 rings (SSSR count). The van der Waals surface area contributed by atoms with Crippen LogP contribution in [0.25, 0.3) is 0 Å². The van der Waals surface area contributed by atoms with Crippen LogP contribution in [0.4, 0.5) is 17.5 Å². The zero-order valence-corrected chi connectivity index (χ0v) is 11.5. The number of aromatic amines is 1. The molecular weight excluding hydrogens is 291 g/mol. The molecule has 0 unspecified atom stereocenters. The van der Waals surface area contributed by atoms with Crippen LogP contribution in [0.3, 0.4) is 0 Å². The minimum atomic E-state index is -0.813. The van der Waals surface area contributed by atoms with Crippen molar-refractivity contribution in [3.05, 3.63) is 10.4 Å². The van der Waals surface area contributed by atoms with Crippen LogP contribution >= 0.6 is 0 Å². The Balaban J connectivity index is 1.96. The molecule has 0 aromatic carbocycles. The first-order chi connectivity index (χ1) is 10.5. The van der Waals surface area contributed by atoms with Crippen molar-refractivity contribution in [3.63, 3.8) is 0 Å². The Morgan fingerprint density at radius 1 is 1.64 bits per heavy atom. The van der Waals surface area contributed by atoms with E-state index in [2.05, 4.69) is 9.97 Å². The number of hydrogen-bond acceptors (Lipinski definition) is 9. The molecule has 2 aliphatic heterocycles. The van der Waals surface area contributed by atoms with Gasteiger partial charge >= 0.3 is 7.41 Å². The molecule has 1 fully saturated rings. The van der Waals surface area contributed by atoms with E-state index in [-0.39, 0.29) is 37.1 Å². The molecule has 0 aliphatic carbocycles. The first kappa shape index (κ1) is 14.6. The van der Waals surface area contributed by atoms with Crippen LogP contribution in [-0.2, 0) is 4.74 Å². The maximum absolute atomic E-state index is 12.1. The topological polar surface area (TPSA) is 152 Å². The lowest BCUT2D eigenvalue weighted by Crippen LogP contribution is -2.40. The van der Waals surface area contributed by atoms with E-state index < -0.39 is 24.0 Å². The fraction of sp³-hybridized carbons (Fsp3) is 0.545. The van der Waals surface area contributed by atoms with Gasteiger partial charge in [0.25, 0.3) is 5.56 Å². The van der Waals surface area contributed by atoms with Gasteiger partial charge in [0.15, 0.2) is 5.82 Å². The van der Waals surface area contributed by atoms with Crippen molar-refractivity contribution < 1.29 is 14.9 Å². The average molecular weight is 305 g/mol. The lowest BCUT2D eigenvalue weighted by atomic mass is 9.95. The molecule has 1 saturated heterocycles. The van der Waals surface area contributed by atoms with E-state index in [4.69, 9.17) is 20.8 Å². The number of nitrogen functional groups attached to an aromatic ring is 1. The number of ether oxygens (including phenoxy) is 1. The molecule has 3 heterocycles. The predicted octanol–water partition coefficient (Wildman–Crippen LogP) is -2.50. The largest absolute Gasteiger partial charge is 0.394 e. The molecule has 1 aromatic rings. The number of nitrogens with one attached hydrogen (secondary N) is 1. The molecule has 22 heavy (non-hydrogen) atoms. The number of hydrogen-bond donors (Lipinski definition) is 4. The molecule has 0 bridgehead atoms. The van der Waals surface area contributed by atoms with Crippen LogP contribution < -0.4 is 21.0 Å². The Hall–Kier alpha value is -2.29. The van der Waals surface area contributed by atoms with E-state index in [1.807, 2.05) is 5.97 Å². The first-order valence-electron chi connectivity index (χ1n) is 6.65. The van der Waals surface area contributed by atoms with E-state index in [9.17, 15) is 9.90 Å². The number of nitrogens with two attached hydrogens (primary N) is 1. The third-order valence-corrected chi connectivity index (χ3v) is 3.70. The summed E-state index contributed by atoms with van der Waals surface area (Å²) in [4.78, 5) is 21.6. The average Bonchev–Trinajstić information content (AvgIpc) is 3.00. The Labute approximate surface area is 126 Å². The summed E-state index contributed by atoms with van der Waals surface area (Å²) in [5.41, 5.74) is 5.31.